The van der Waals surface area contributed by atoms with E-state index in [4.69, 9.17) is 9.72 Å². The lowest BCUT2D eigenvalue weighted by molar-refractivity contribution is -0.152. The molecule has 1 aromatic rings. The van der Waals surface area contributed by atoms with Crippen molar-refractivity contribution in [1.82, 2.24) is 15.2 Å². The summed E-state index contributed by atoms with van der Waals surface area (Å²) in [7, 11) is 1.61. The summed E-state index contributed by atoms with van der Waals surface area (Å²) in [5, 5.41) is 14.8. The van der Waals surface area contributed by atoms with Crippen LogP contribution >= 0.6 is 0 Å². The standard InChI is InChI=1S/C25H40F2N4O4/c1-4-13-25(26,27)24(34)30-21(23(32)33)12-16-31(17-18(2)35-3)15-6-5-9-20-11-10-19-8-7-14-28-22(19)29-20/h10-11,18,21H,4-9,12-17H2,1-3H3,(H,28,29)(H,30,34)(H,32,33). The second-order valence-corrected chi connectivity index (χ2v) is 9.25. The predicted octanol–water partition coefficient (Wildman–Crippen LogP) is 3.49. The summed E-state index contributed by atoms with van der Waals surface area (Å²) in [6, 6.07) is 2.84. The third-order valence-electron chi connectivity index (χ3n) is 6.26. The first kappa shape index (κ1) is 28.9. The van der Waals surface area contributed by atoms with Crippen molar-refractivity contribution in [3.05, 3.63) is 23.4 Å². The molecule has 1 amide bonds. The van der Waals surface area contributed by atoms with E-state index in [1.54, 1.807) is 14.0 Å². The van der Waals surface area contributed by atoms with Gasteiger partial charge in [-0.2, -0.15) is 8.78 Å². The average Bonchev–Trinajstić information content (AvgIpc) is 2.83. The number of unbranched alkanes of at least 4 members (excludes halogenated alkanes) is 1. The van der Waals surface area contributed by atoms with Crippen LogP contribution in [0.4, 0.5) is 14.6 Å². The SMILES string of the molecule is CCCC(F)(F)C(=O)NC(CCN(CCCCc1ccc2c(n1)NCCC2)CC(C)OC)C(=O)O. The Kier molecular flexibility index (Phi) is 11.8. The van der Waals surface area contributed by atoms with Crippen molar-refractivity contribution >= 4 is 17.7 Å². The number of nitrogens with one attached hydrogen (secondary N) is 2. The molecule has 0 fully saturated rings. The molecule has 1 aliphatic rings. The lowest BCUT2D eigenvalue weighted by atomic mass is 10.1. The van der Waals surface area contributed by atoms with E-state index in [2.05, 4.69) is 22.3 Å². The van der Waals surface area contributed by atoms with E-state index in [1.165, 1.54) is 5.56 Å². The number of anilines is 1. The lowest BCUT2D eigenvalue weighted by Gasteiger charge is -2.27. The fourth-order valence-corrected chi connectivity index (χ4v) is 4.14. The van der Waals surface area contributed by atoms with Crippen LogP contribution in [0, 0.1) is 0 Å². The number of aryl methyl sites for hydroxylation is 2. The highest BCUT2D eigenvalue weighted by Gasteiger charge is 2.39. The monoisotopic (exact) mass is 498 g/mol. The van der Waals surface area contributed by atoms with Gasteiger partial charge in [0, 0.05) is 38.9 Å². The molecule has 2 atom stereocenters. The van der Waals surface area contributed by atoms with Crippen molar-refractivity contribution < 1.29 is 28.2 Å². The minimum Gasteiger partial charge on any atom is -0.480 e. The number of carbonyl (C=O) groups is 2. The van der Waals surface area contributed by atoms with Crippen molar-refractivity contribution in [3.8, 4) is 0 Å². The van der Waals surface area contributed by atoms with Gasteiger partial charge in [-0.25, -0.2) is 9.78 Å². The van der Waals surface area contributed by atoms with Crippen LogP contribution in [0.25, 0.3) is 0 Å². The molecule has 1 aliphatic heterocycles. The first-order chi connectivity index (χ1) is 16.7. The summed E-state index contributed by atoms with van der Waals surface area (Å²) in [5.74, 6) is -5.45. The van der Waals surface area contributed by atoms with Crippen LogP contribution in [0.2, 0.25) is 0 Å². The first-order valence-electron chi connectivity index (χ1n) is 12.6. The van der Waals surface area contributed by atoms with Crippen LogP contribution in [0.5, 0.6) is 0 Å². The maximum absolute atomic E-state index is 13.9. The lowest BCUT2D eigenvalue weighted by Crippen LogP contribution is -2.49. The fourth-order valence-electron chi connectivity index (χ4n) is 4.14. The number of alkyl halides is 2. The van der Waals surface area contributed by atoms with Gasteiger partial charge in [0.05, 0.1) is 6.10 Å². The van der Waals surface area contributed by atoms with Crippen LogP contribution in [0.15, 0.2) is 12.1 Å². The highest BCUT2D eigenvalue weighted by molar-refractivity contribution is 5.88. The number of methoxy groups -OCH3 is 1. The van der Waals surface area contributed by atoms with Gasteiger partial charge in [-0.1, -0.05) is 13.0 Å². The zero-order valence-electron chi connectivity index (χ0n) is 21.1. The van der Waals surface area contributed by atoms with Gasteiger partial charge in [-0.3, -0.25) is 4.79 Å². The number of rotatable bonds is 16. The highest BCUT2D eigenvalue weighted by atomic mass is 19.3. The van der Waals surface area contributed by atoms with Crippen molar-refractivity contribution in [2.24, 2.45) is 0 Å². The smallest absolute Gasteiger partial charge is 0.326 e. The Morgan fingerprint density at radius 2 is 2.09 bits per heavy atom. The number of fused-ring (bicyclic) bond motifs is 1. The van der Waals surface area contributed by atoms with Gasteiger partial charge in [0.15, 0.2) is 0 Å². The Labute approximate surface area is 206 Å². The van der Waals surface area contributed by atoms with Gasteiger partial charge in [-0.15, -0.1) is 0 Å². The zero-order valence-corrected chi connectivity index (χ0v) is 21.1. The van der Waals surface area contributed by atoms with Crippen molar-refractivity contribution in [3.63, 3.8) is 0 Å². The minimum atomic E-state index is -3.58. The molecule has 0 saturated heterocycles. The molecule has 0 aromatic carbocycles. The number of carboxylic acids is 1. The molecule has 0 bridgehead atoms. The van der Waals surface area contributed by atoms with Gasteiger partial charge in [-0.05, 0) is 70.0 Å². The molecule has 1 aromatic heterocycles. The van der Waals surface area contributed by atoms with E-state index in [0.29, 0.717) is 19.6 Å². The van der Waals surface area contributed by atoms with Crippen molar-refractivity contribution in [2.75, 3.05) is 38.6 Å². The first-order valence-corrected chi connectivity index (χ1v) is 12.6. The van der Waals surface area contributed by atoms with Crippen LogP contribution in [-0.4, -0.2) is 78.2 Å². The van der Waals surface area contributed by atoms with Crippen molar-refractivity contribution in [1.29, 1.82) is 0 Å². The number of hydrogen-bond donors (Lipinski definition) is 3. The molecule has 3 N–H and O–H groups in total. The molecule has 35 heavy (non-hydrogen) atoms. The van der Waals surface area contributed by atoms with E-state index >= 15 is 0 Å². The number of nitrogens with zero attached hydrogens (tertiary/aromatic N) is 2. The molecule has 198 valence electrons. The number of aliphatic carboxylic acids is 1. The number of pyridine rings is 1. The van der Waals surface area contributed by atoms with Crippen molar-refractivity contribution in [2.45, 2.75) is 83.3 Å². The molecule has 10 heteroatoms. The summed E-state index contributed by atoms with van der Waals surface area (Å²) >= 11 is 0. The van der Waals surface area contributed by atoms with Gasteiger partial charge in [0.25, 0.3) is 5.91 Å². The predicted molar refractivity (Wildman–Crippen MR) is 131 cm³/mol. The number of carboxylic acid groups (broad SMARTS) is 1. The molecular weight excluding hydrogens is 458 g/mol. The topological polar surface area (TPSA) is 104 Å². The molecule has 0 aliphatic carbocycles. The molecule has 2 rings (SSSR count). The maximum Gasteiger partial charge on any atom is 0.326 e. The number of aromatic nitrogens is 1. The van der Waals surface area contributed by atoms with Crippen LogP contribution in [0.1, 0.15) is 63.6 Å². The summed E-state index contributed by atoms with van der Waals surface area (Å²) < 4.78 is 33.1. The third kappa shape index (κ3) is 9.68. The van der Waals surface area contributed by atoms with Gasteiger partial charge < -0.3 is 25.4 Å². The summed E-state index contributed by atoms with van der Waals surface area (Å²) in [6.45, 7) is 6.02. The Hall–Kier alpha value is -2.33. The van der Waals surface area contributed by atoms with E-state index in [-0.39, 0.29) is 18.9 Å². The number of amides is 1. The van der Waals surface area contributed by atoms with E-state index in [0.717, 1.165) is 50.2 Å². The number of hydrogen-bond acceptors (Lipinski definition) is 6. The molecule has 0 radical (unpaired) electrons. The summed E-state index contributed by atoms with van der Waals surface area (Å²) in [4.78, 5) is 30.3. The quantitative estimate of drug-likeness (QED) is 0.300. The third-order valence-corrected chi connectivity index (χ3v) is 6.26. The van der Waals surface area contributed by atoms with Gasteiger partial charge in [0.2, 0.25) is 0 Å². The van der Waals surface area contributed by atoms with E-state index in [9.17, 15) is 23.5 Å². The molecule has 2 heterocycles. The van der Waals surface area contributed by atoms with Crippen LogP contribution < -0.4 is 10.6 Å². The summed E-state index contributed by atoms with van der Waals surface area (Å²) in [6.07, 6.45) is 4.24. The largest absolute Gasteiger partial charge is 0.480 e. The van der Waals surface area contributed by atoms with Crippen LogP contribution in [-0.2, 0) is 27.2 Å². The summed E-state index contributed by atoms with van der Waals surface area (Å²) in [5.41, 5.74) is 2.30. The normalized spacial score (nSPS) is 15.3. The maximum atomic E-state index is 13.9. The minimum absolute atomic E-state index is 0.0256. The molecular formula is C25H40F2N4O4. The molecule has 8 nitrogen and oxygen atoms in total. The zero-order chi connectivity index (χ0) is 25.8. The van der Waals surface area contributed by atoms with Gasteiger partial charge >= 0.3 is 11.9 Å². The molecule has 2 unspecified atom stereocenters. The van der Waals surface area contributed by atoms with E-state index in [1.807, 2.05) is 12.2 Å². The Balaban J connectivity index is 1.87. The number of ether oxygens (including phenoxy) is 1. The van der Waals surface area contributed by atoms with E-state index < -0.39 is 30.3 Å². The molecule has 0 spiro atoms. The second kappa shape index (κ2) is 14.3. The number of carbonyl (C=O) groups excluding carboxylic acids is 1. The average molecular weight is 499 g/mol. The van der Waals surface area contributed by atoms with Gasteiger partial charge in [0.1, 0.15) is 11.9 Å². The Bertz CT molecular complexity index is 825. The second-order valence-electron chi connectivity index (χ2n) is 9.25. The number of halogens is 2. The Morgan fingerprint density at radius 3 is 2.77 bits per heavy atom. The Morgan fingerprint density at radius 1 is 1.31 bits per heavy atom. The molecule has 0 saturated carbocycles. The van der Waals surface area contributed by atoms with Crippen LogP contribution in [0.3, 0.4) is 0 Å². The fraction of sp³-hybridized carbons (Fsp3) is 0.720. The highest BCUT2D eigenvalue weighted by Crippen LogP contribution is 2.21.